The normalized spacial score (nSPS) is 13.4. The van der Waals surface area contributed by atoms with E-state index in [0.717, 1.165) is 53.9 Å². The fourth-order valence-electron chi connectivity index (χ4n) is 2.69. The Morgan fingerprint density at radius 3 is 2.77 bits per heavy atom. The summed E-state index contributed by atoms with van der Waals surface area (Å²) in [5.74, 6) is 0.540. The maximum absolute atomic E-state index is 12.4. The van der Waals surface area contributed by atoms with Crippen molar-refractivity contribution >= 4 is 11.6 Å². The first-order chi connectivity index (χ1) is 10.7. The number of hydrogen-bond acceptors (Lipinski definition) is 4. The molecular weight excluding hydrogens is 278 g/mol. The number of carbonyl (C=O) groups is 1. The van der Waals surface area contributed by atoms with Crippen LogP contribution in [0.15, 0.2) is 24.3 Å². The van der Waals surface area contributed by atoms with Gasteiger partial charge in [0, 0.05) is 5.69 Å². The van der Waals surface area contributed by atoms with Crippen molar-refractivity contribution in [3.8, 4) is 5.75 Å². The number of amides is 1. The van der Waals surface area contributed by atoms with Gasteiger partial charge in [-0.1, -0.05) is 0 Å². The number of nitrogens with zero attached hydrogens (tertiary/aromatic N) is 2. The summed E-state index contributed by atoms with van der Waals surface area (Å²) in [5, 5.41) is 11.2. The molecule has 1 heterocycles. The molecule has 0 saturated carbocycles. The minimum atomic E-state index is -0.228. The first kappa shape index (κ1) is 14.5. The van der Waals surface area contributed by atoms with Crippen LogP contribution in [0, 0.1) is 6.92 Å². The molecule has 0 spiro atoms. The molecule has 0 aliphatic heterocycles. The van der Waals surface area contributed by atoms with Crippen LogP contribution in [0.4, 0.5) is 5.69 Å². The Hall–Kier alpha value is -2.43. The van der Waals surface area contributed by atoms with E-state index in [-0.39, 0.29) is 5.91 Å². The number of fused-ring (bicyclic) bond motifs is 1. The van der Waals surface area contributed by atoms with E-state index < -0.39 is 0 Å². The molecule has 0 atom stereocenters. The Bertz CT molecular complexity index is 713. The lowest BCUT2D eigenvalue weighted by atomic mass is 9.96. The maximum Gasteiger partial charge on any atom is 0.276 e. The number of methoxy groups -OCH3 is 1. The topological polar surface area (TPSA) is 64.1 Å². The van der Waals surface area contributed by atoms with Gasteiger partial charge in [0.2, 0.25) is 0 Å². The van der Waals surface area contributed by atoms with Gasteiger partial charge in [-0.3, -0.25) is 4.79 Å². The quantitative estimate of drug-likeness (QED) is 0.946. The van der Waals surface area contributed by atoms with Gasteiger partial charge in [0.25, 0.3) is 5.91 Å². The molecule has 5 heteroatoms. The summed E-state index contributed by atoms with van der Waals surface area (Å²) in [4.78, 5) is 12.4. The molecule has 0 radical (unpaired) electrons. The molecule has 1 aromatic carbocycles. The minimum absolute atomic E-state index is 0.228. The molecule has 1 N–H and O–H groups in total. The lowest BCUT2D eigenvalue weighted by Crippen LogP contribution is -2.17. The molecule has 0 saturated heterocycles. The Labute approximate surface area is 129 Å². The van der Waals surface area contributed by atoms with E-state index in [1.165, 1.54) is 0 Å². The third-order valence-electron chi connectivity index (χ3n) is 3.98. The fourth-order valence-corrected chi connectivity index (χ4v) is 2.69. The second kappa shape index (κ2) is 6.13. The molecule has 1 aliphatic carbocycles. The SMILES string of the molecule is COc1ccc(NC(=O)c2cc3c(nn2)CCCC3)c(C)c1. The van der Waals surface area contributed by atoms with Crippen molar-refractivity contribution in [2.24, 2.45) is 0 Å². The summed E-state index contributed by atoms with van der Waals surface area (Å²) in [7, 11) is 1.62. The molecule has 22 heavy (non-hydrogen) atoms. The summed E-state index contributed by atoms with van der Waals surface area (Å²) in [6.45, 7) is 1.93. The fraction of sp³-hybridized carbons (Fsp3) is 0.353. The molecule has 3 rings (SSSR count). The van der Waals surface area contributed by atoms with E-state index in [1.807, 2.05) is 31.2 Å². The van der Waals surface area contributed by atoms with Crippen LogP contribution in [-0.4, -0.2) is 23.2 Å². The van der Waals surface area contributed by atoms with E-state index in [1.54, 1.807) is 7.11 Å². The molecule has 1 amide bonds. The van der Waals surface area contributed by atoms with Crippen LogP contribution < -0.4 is 10.1 Å². The van der Waals surface area contributed by atoms with Gasteiger partial charge in [-0.15, -0.1) is 5.10 Å². The predicted octanol–water partition coefficient (Wildman–Crippen LogP) is 2.92. The monoisotopic (exact) mass is 297 g/mol. The standard InChI is InChI=1S/C17H19N3O2/c1-11-9-13(22-2)7-8-14(11)18-17(21)16-10-12-5-3-4-6-15(12)19-20-16/h7-10H,3-6H2,1-2H3,(H,18,21). The summed E-state index contributed by atoms with van der Waals surface area (Å²) < 4.78 is 5.17. The number of rotatable bonds is 3. The number of aryl methyl sites for hydroxylation is 3. The van der Waals surface area contributed by atoms with Crippen LogP contribution in [0.5, 0.6) is 5.75 Å². The number of carbonyl (C=O) groups excluding carboxylic acids is 1. The molecular formula is C17H19N3O2. The van der Waals surface area contributed by atoms with Gasteiger partial charge in [-0.05, 0) is 68.0 Å². The summed E-state index contributed by atoms with van der Waals surface area (Å²) >= 11 is 0. The van der Waals surface area contributed by atoms with Gasteiger partial charge in [0.15, 0.2) is 5.69 Å². The van der Waals surface area contributed by atoms with Crippen molar-refractivity contribution < 1.29 is 9.53 Å². The molecule has 0 unspecified atom stereocenters. The van der Waals surface area contributed by atoms with Crippen molar-refractivity contribution in [2.75, 3.05) is 12.4 Å². The summed E-state index contributed by atoms with van der Waals surface area (Å²) in [6, 6.07) is 7.41. The molecule has 1 aliphatic rings. The zero-order valence-electron chi connectivity index (χ0n) is 12.8. The Morgan fingerprint density at radius 2 is 2.00 bits per heavy atom. The van der Waals surface area contributed by atoms with Crippen molar-refractivity contribution in [2.45, 2.75) is 32.6 Å². The highest BCUT2D eigenvalue weighted by atomic mass is 16.5. The van der Waals surface area contributed by atoms with Crippen LogP contribution in [0.25, 0.3) is 0 Å². The van der Waals surface area contributed by atoms with Crippen LogP contribution in [0.1, 0.15) is 40.2 Å². The smallest absolute Gasteiger partial charge is 0.276 e. The van der Waals surface area contributed by atoms with Gasteiger partial charge < -0.3 is 10.1 Å². The largest absolute Gasteiger partial charge is 0.497 e. The van der Waals surface area contributed by atoms with E-state index in [9.17, 15) is 4.79 Å². The van der Waals surface area contributed by atoms with Crippen molar-refractivity contribution in [1.29, 1.82) is 0 Å². The average molecular weight is 297 g/mol. The molecule has 1 aromatic heterocycles. The zero-order valence-corrected chi connectivity index (χ0v) is 12.8. The summed E-state index contributed by atoms with van der Waals surface area (Å²) in [5.41, 5.74) is 4.25. The number of anilines is 1. The van der Waals surface area contributed by atoms with Gasteiger partial charge in [-0.2, -0.15) is 5.10 Å². The molecule has 5 nitrogen and oxygen atoms in total. The predicted molar refractivity (Wildman–Crippen MR) is 84.4 cm³/mol. The van der Waals surface area contributed by atoms with E-state index >= 15 is 0 Å². The number of benzene rings is 1. The Kier molecular flexibility index (Phi) is 4.04. The molecule has 2 aromatic rings. The second-order valence-electron chi connectivity index (χ2n) is 5.54. The lowest BCUT2D eigenvalue weighted by Gasteiger charge is -2.14. The van der Waals surface area contributed by atoms with Crippen molar-refractivity contribution in [3.05, 3.63) is 46.8 Å². The highest BCUT2D eigenvalue weighted by molar-refractivity contribution is 6.03. The van der Waals surface area contributed by atoms with Crippen LogP contribution in [0.3, 0.4) is 0 Å². The molecule has 0 fully saturated rings. The third-order valence-corrected chi connectivity index (χ3v) is 3.98. The highest BCUT2D eigenvalue weighted by Crippen LogP contribution is 2.22. The summed E-state index contributed by atoms with van der Waals surface area (Å²) in [6.07, 6.45) is 4.24. The Balaban J connectivity index is 1.80. The molecule has 114 valence electrons. The number of hydrogen-bond donors (Lipinski definition) is 1. The Morgan fingerprint density at radius 1 is 1.18 bits per heavy atom. The van der Waals surface area contributed by atoms with E-state index in [4.69, 9.17) is 4.74 Å². The van der Waals surface area contributed by atoms with E-state index in [0.29, 0.717) is 5.69 Å². The highest BCUT2D eigenvalue weighted by Gasteiger charge is 2.16. The van der Waals surface area contributed by atoms with Crippen molar-refractivity contribution in [1.82, 2.24) is 10.2 Å². The van der Waals surface area contributed by atoms with Gasteiger partial charge in [-0.25, -0.2) is 0 Å². The van der Waals surface area contributed by atoms with Gasteiger partial charge in [0.05, 0.1) is 12.8 Å². The minimum Gasteiger partial charge on any atom is -0.497 e. The van der Waals surface area contributed by atoms with Crippen molar-refractivity contribution in [3.63, 3.8) is 0 Å². The maximum atomic E-state index is 12.4. The van der Waals surface area contributed by atoms with Crippen LogP contribution >= 0.6 is 0 Å². The van der Waals surface area contributed by atoms with Gasteiger partial charge in [0.1, 0.15) is 5.75 Å². The number of nitrogens with one attached hydrogen (secondary N) is 1. The zero-order chi connectivity index (χ0) is 15.5. The van der Waals surface area contributed by atoms with Gasteiger partial charge >= 0.3 is 0 Å². The average Bonchev–Trinajstić information content (AvgIpc) is 2.56. The van der Waals surface area contributed by atoms with E-state index in [2.05, 4.69) is 15.5 Å². The molecule has 0 bridgehead atoms. The first-order valence-corrected chi connectivity index (χ1v) is 7.49. The lowest BCUT2D eigenvalue weighted by molar-refractivity contribution is 0.102. The first-order valence-electron chi connectivity index (χ1n) is 7.49. The number of ether oxygens (including phenoxy) is 1. The second-order valence-corrected chi connectivity index (χ2v) is 5.54. The number of aromatic nitrogens is 2. The third kappa shape index (κ3) is 2.93. The van der Waals surface area contributed by atoms with Crippen LogP contribution in [-0.2, 0) is 12.8 Å². The van der Waals surface area contributed by atoms with Crippen LogP contribution in [0.2, 0.25) is 0 Å².